The summed E-state index contributed by atoms with van der Waals surface area (Å²) < 4.78 is 5.24. The van der Waals surface area contributed by atoms with Crippen molar-refractivity contribution in [1.82, 2.24) is 15.1 Å². The summed E-state index contributed by atoms with van der Waals surface area (Å²) in [6.45, 7) is 4.67. The van der Waals surface area contributed by atoms with Crippen LogP contribution in [-0.4, -0.2) is 65.7 Å². The Bertz CT molecular complexity index is 644. The second-order valence-electron chi connectivity index (χ2n) is 6.31. The van der Waals surface area contributed by atoms with E-state index in [1.165, 1.54) is 0 Å². The van der Waals surface area contributed by atoms with Crippen molar-refractivity contribution in [2.45, 2.75) is 24.6 Å². The van der Waals surface area contributed by atoms with Crippen LogP contribution in [0.3, 0.4) is 0 Å². The highest BCUT2D eigenvalue weighted by molar-refractivity contribution is 8.00. The number of hydrogen-bond acceptors (Lipinski definition) is 4. The van der Waals surface area contributed by atoms with Gasteiger partial charge in [0.2, 0.25) is 0 Å². The van der Waals surface area contributed by atoms with E-state index in [0.717, 1.165) is 25.1 Å². The van der Waals surface area contributed by atoms with Crippen molar-refractivity contribution >= 4 is 23.7 Å². The van der Waals surface area contributed by atoms with E-state index in [1.54, 1.807) is 13.2 Å². The number of ether oxygens (including phenoxy) is 1. The third-order valence-corrected chi connectivity index (χ3v) is 6.45. The number of thioether (sulfide) groups is 1. The molecule has 0 radical (unpaired) electrons. The van der Waals surface area contributed by atoms with Crippen LogP contribution in [0.4, 0.5) is 4.79 Å². The van der Waals surface area contributed by atoms with Crippen LogP contribution >= 0.6 is 11.8 Å². The van der Waals surface area contributed by atoms with E-state index < -0.39 is 0 Å². The predicted molar refractivity (Wildman–Crippen MR) is 99.1 cm³/mol. The van der Waals surface area contributed by atoms with Crippen LogP contribution in [0, 0.1) is 0 Å². The van der Waals surface area contributed by atoms with Gasteiger partial charge in [-0.05, 0) is 38.0 Å². The first-order valence-corrected chi connectivity index (χ1v) is 9.71. The Balaban J connectivity index is 1.72. The number of benzene rings is 1. The molecule has 0 aromatic heterocycles. The second kappa shape index (κ2) is 7.56. The topological polar surface area (TPSA) is 61.9 Å². The maximum absolute atomic E-state index is 13.1. The molecule has 6 nitrogen and oxygen atoms in total. The number of methoxy groups -OCH3 is 1. The highest BCUT2D eigenvalue weighted by Crippen LogP contribution is 2.44. The fourth-order valence-corrected chi connectivity index (χ4v) is 5.00. The number of nitrogens with zero attached hydrogens (tertiary/aromatic N) is 2. The molecule has 1 spiro atoms. The molecule has 0 unspecified atom stereocenters. The molecule has 2 heterocycles. The third kappa shape index (κ3) is 3.56. The molecule has 0 bridgehead atoms. The summed E-state index contributed by atoms with van der Waals surface area (Å²) in [5.41, 5.74) is 0.660. The lowest BCUT2D eigenvalue weighted by molar-refractivity contribution is 0.0581. The van der Waals surface area contributed by atoms with Crippen LogP contribution in [-0.2, 0) is 0 Å². The molecule has 2 saturated heterocycles. The van der Waals surface area contributed by atoms with Gasteiger partial charge in [-0.25, -0.2) is 4.79 Å². The molecule has 0 aliphatic carbocycles. The van der Waals surface area contributed by atoms with E-state index >= 15 is 0 Å². The highest BCUT2D eigenvalue weighted by Gasteiger charge is 2.47. The molecule has 136 valence electrons. The summed E-state index contributed by atoms with van der Waals surface area (Å²) in [6, 6.07) is 7.32. The molecule has 2 fully saturated rings. The average molecular weight is 363 g/mol. The van der Waals surface area contributed by atoms with Gasteiger partial charge in [0, 0.05) is 37.5 Å². The van der Waals surface area contributed by atoms with Crippen molar-refractivity contribution in [2.24, 2.45) is 0 Å². The molecule has 1 aromatic rings. The lowest BCUT2D eigenvalue weighted by atomic mass is 10.0. The van der Waals surface area contributed by atoms with Crippen molar-refractivity contribution in [3.05, 3.63) is 29.8 Å². The molecule has 1 aromatic carbocycles. The van der Waals surface area contributed by atoms with Gasteiger partial charge in [-0.15, -0.1) is 11.8 Å². The van der Waals surface area contributed by atoms with Gasteiger partial charge in [0.15, 0.2) is 0 Å². The predicted octanol–water partition coefficient (Wildman–Crippen LogP) is 2.41. The lowest BCUT2D eigenvalue weighted by Crippen LogP contribution is -2.55. The largest absolute Gasteiger partial charge is 0.497 e. The summed E-state index contributed by atoms with van der Waals surface area (Å²) in [6.07, 6.45) is 1.62. The quantitative estimate of drug-likeness (QED) is 0.896. The number of carbonyl (C=O) groups excluding carboxylic acids is 2. The Kier molecular flexibility index (Phi) is 5.42. The molecule has 0 saturated carbocycles. The number of urea groups is 1. The molecule has 7 heteroatoms. The first-order chi connectivity index (χ1) is 12.1. The SMILES string of the molecule is CCNC(=O)N1CCC2(CC1)SCCN2C(=O)c1cccc(OC)c1. The molecule has 2 aliphatic heterocycles. The van der Waals surface area contributed by atoms with Gasteiger partial charge in [-0.3, -0.25) is 4.79 Å². The number of piperidine rings is 1. The average Bonchev–Trinajstić information content (AvgIpc) is 3.05. The molecule has 0 atom stereocenters. The van der Waals surface area contributed by atoms with Gasteiger partial charge < -0.3 is 19.9 Å². The Morgan fingerprint density at radius 1 is 1.28 bits per heavy atom. The fourth-order valence-electron chi connectivity index (χ4n) is 3.54. The molecular formula is C18H25N3O3S. The van der Waals surface area contributed by atoms with Gasteiger partial charge in [0.05, 0.1) is 12.0 Å². The molecule has 3 rings (SSSR count). The lowest BCUT2D eigenvalue weighted by Gasteiger charge is -2.44. The van der Waals surface area contributed by atoms with Gasteiger partial charge in [0.1, 0.15) is 5.75 Å². The van der Waals surface area contributed by atoms with Gasteiger partial charge >= 0.3 is 6.03 Å². The van der Waals surface area contributed by atoms with Gasteiger partial charge in [0.25, 0.3) is 5.91 Å². The summed E-state index contributed by atoms with van der Waals surface area (Å²) in [4.78, 5) is 28.8. The van der Waals surface area contributed by atoms with E-state index in [0.29, 0.717) is 30.9 Å². The van der Waals surface area contributed by atoms with Crippen molar-refractivity contribution < 1.29 is 14.3 Å². The van der Waals surface area contributed by atoms with Gasteiger partial charge in [-0.2, -0.15) is 0 Å². The monoisotopic (exact) mass is 363 g/mol. The Morgan fingerprint density at radius 2 is 2.04 bits per heavy atom. The van der Waals surface area contributed by atoms with E-state index in [9.17, 15) is 9.59 Å². The molecular weight excluding hydrogens is 338 g/mol. The van der Waals surface area contributed by atoms with Crippen LogP contribution in [0.25, 0.3) is 0 Å². The van der Waals surface area contributed by atoms with Crippen LogP contribution < -0.4 is 10.1 Å². The third-order valence-electron chi connectivity index (χ3n) is 4.90. The van der Waals surface area contributed by atoms with Crippen molar-refractivity contribution in [2.75, 3.05) is 39.0 Å². The van der Waals surface area contributed by atoms with Gasteiger partial charge in [-0.1, -0.05) is 6.07 Å². The number of nitrogens with one attached hydrogen (secondary N) is 1. The standard InChI is InChI=1S/C18H25N3O3S/c1-3-19-17(23)20-9-7-18(8-10-20)21(11-12-25-18)16(22)14-5-4-6-15(13-14)24-2/h4-6,13H,3,7-12H2,1-2H3,(H,19,23). The maximum Gasteiger partial charge on any atom is 0.317 e. The normalized spacial score (nSPS) is 19.1. The zero-order valence-corrected chi connectivity index (χ0v) is 15.6. The zero-order valence-electron chi connectivity index (χ0n) is 14.8. The zero-order chi connectivity index (χ0) is 17.9. The number of rotatable bonds is 3. The number of likely N-dealkylation sites (tertiary alicyclic amines) is 1. The first-order valence-electron chi connectivity index (χ1n) is 8.72. The summed E-state index contributed by atoms with van der Waals surface area (Å²) in [5, 5.41) is 2.85. The van der Waals surface area contributed by atoms with Crippen LogP contribution in [0.5, 0.6) is 5.75 Å². The molecule has 2 aliphatic rings. The van der Waals surface area contributed by atoms with Crippen LogP contribution in [0.15, 0.2) is 24.3 Å². The summed E-state index contributed by atoms with van der Waals surface area (Å²) >= 11 is 1.85. The minimum atomic E-state index is -0.191. The molecule has 25 heavy (non-hydrogen) atoms. The maximum atomic E-state index is 13.1. The number of hydrogen-bond donors (Lipinski definition) is 1. The van der Waals surface area contributed by atoms with E-state index in [1.807, 2.05) is 46.7 Å². The second-order valence-corrected chi connectivity index (χ2v) is 7.76. The van der Waals surface area contributed by atoms with E-state index in [2.05, 4.69) is 5.32 Å². The Labute approximate surface area is 152 Å². The van der Waals surface area contributed by atoms with Crippen molar-refractivity contribution in [3.63, 3.8) is 0 Å². The minimum absolute atomic E-state index is 0.00832. The van der Waals surface area contributed by atoms with Crippen LogP contribution in [0.1, 0.15) is 30.1 Å². The Hall–Kier alpha value is -1.89. The smallest absolute Gasteiger partial charge is 0.317 e. The first kappa shape index (κ1) is 17.9. The highest BCUT2D eigenvalue weighted by atomic mass is 32.2. The number of amides is 3. The summed E-state index contributed by atoms with van der Waals surface area (Å²) in [5.74, 6) is 1.69. The van der Waals surface area contributed by atoms with Crippen molar-refractivity contribution in [1.29, 1.82) is 0 Å². The number of carbonyl (C=O) groups is 2. The van der Waals surface area contributed by atoms with Crippen LogP contribution in [0.2, 0.25) is 0 Å². The fraction of sp³-hybridized carbons (Fsp3) is 0.556. The Morgan fingerprint density at radius 3 is 2.72 bits per heavy atom. The van der Waals surface area contributed by atoms with E-state index in [-0.39, 0.29) is 16.8 Å². The molecule has 3 amide bonds. The molecule has 1 N–H and O–H groups in total. The summed E-state index contributed by atoms with van der Waals surface area (Å²) in [7, 11) is 1.61. The van der Waals surface area contributed by atoms with E-state index in [4.69, 9.17) is 4.74 Å². The minimum Gasteiger partial charge on any atom is -0.497 e. The van der Waals surface area contributed by atoms with Crippen molar-refractivity contribution in [3.8, 4) is 5.75 Å².